The van der Waals surface area contributed by atoms with Crippen molar-refractivity contribution in [2.75, 3.05) is 18.7 Å². The van der Waals surface area contributed by atoms with Crippen molar-refractivity contribution in [1.29, 1.82) is 0 Å². The molecule has 0 heterocycles. The van der Waals surface area contributed by atoms with Crippen molar-refractivity contribution in [2.45, 2.75) is 6.42 Å². The standard InChI is InChI=1S/C9H13NO2/c11-6-5-8-1-3-9(4-2-8)10-7-12/h1-4,10-12H,5-7H2. The van der Waals surface area contributed by atoms with Crippen LogP contribution in [0.3, 0.4) is 0 Å². The first kappa shape index (κ1) is 9.03. The molecular weight excluding hydrogens is 154 g/mol. The second-order valence-corrected chi connectivity index (χ2v) is 2.51. The Balaban J connectivity index is 2.58. The van der Waals surface area contributed by atoms with Crippen molar-refractivity contribution in [3.05, 3.63) is 29.8 Å². The number of hydrogen-bond acceptors (Lipinski definition) is 3. The zero-order valence-electron chi connectivity index (χ0n) is 6.83. The van der Waals surface area contributed by atoms with Gasteiger partial charge in [0, 0.05) is 12.3 Å². The molecule has 3 N–H and O–H groups in total. The molecule has 66 valence electrons. The van der Waals surface area contributed by atoms with E-state index in [1.165, 1.54) is 0 Å². The number of aliphatic hydroxyl groups is 2. The van der Waals surface area contributed by atoms with Crippen LogP contribution in [0, 0.1) is 0 Å². The van der Waals surface area contributed by atoms with Gasteiger partial charge in [-0.15, -0.1) is 0 Å². The Bertz CT molecular complexity index is 195. The molecule has 0 amide bonds. The number of hydrogen-bond donors (Lipinski definition) is 3. The number of aliphatic hydroxyl groups excluding tert-OH is 2. The van der Waals surface area contributed by atoms with Gasteiger partial charge in [-0.3, -0.25) is 0 Å². The van der Waals surface area contributed by atoms with Crippen molar-refractivity contribution in [2.24, 2.45) is 0 Å². The van der Waals surface area contributed by atoms with E-state index in [0.29, 0.717) is 6.42 Å². The Morgan fingerprint density at radius 3 is 2.25 bits per heavy atom. The number of nitrogens with one attached hydrogen (secondary N) is 1. The number of rotatable bonds is 4. The molecule has 0 unspecified atom stereocenters. The van der Waals surface area contributed by atoms with Gasteiger partial charge in [-0.2, -0.15) is 0 Å². The van der Waals surface area contributed by atoms with Crippen LogP contribution in [0.2, 0.25) is 0 Å². The van der Waals surface area contributed by atoms with Crippen LogP contribution in [0.1, 0.15) is 5.56 Å². The quantitative estimate of drug-likeness (QED) is 0.575. The normalized spacial score (nSPS) is 9.83. The van der Waals surface area contributed by atoms with E-state index in [4.69, 9.17) is 10.2 Å². The molecule has 0 saturated carbocycles. The van der Waals surface area contributed by atoms with Gasteiger partial charge >= 0.3 is 0 Å². The molecule has 12 heavy (non-hydrogen) atoms. The summed E-state index contributed by atoms with van der Waals surface area (Å²) in [6, 6.07) is 7.60. The van der Waals surface area contributed by atoms with Crippen molar-refractivity contribution in [3.8, 4) is 0 Å². The summed E-state index contributed by atoms with van der Waals surface area (Å²) in [5, 5.41) is 19.9. The molecular formula is C9H13NO2. The SMILES string of the molecule is OCCc1ccc(NCO)cc1. The molecule has 0 bridgehead atoms. The van der Waals surface area contributed by atoms with Crippen LogP contribution in [-0.2, 0) is 6.42 Å². The Hall–Kier alpha value is -1.06. The highest BCUT2D eigenvalue weighted by molar-refractivity contribution is 5.44. The van der Waals surface area contributed by atoms with Crippen LogP contribution < -0.4 is 5.32 Å². The van der Waals surface area contributed by atoms with Gasteiger partial charge in [-0.25, -0.2) is 0 Å². The van der Waals surface area contributed by atoms with Crippen LogP contribution in [-0.4, -0.2) is 23.6 Å². The van der Waals surface area contributed by atoms with Crippen molar-refractivity contribution in [1.82, 2.24) is 0 Å². The molecule has 1 aromatic rings. The molecule has 0 aromatic heterocycles. The lowest BCUT2D eigenvalue weighted by Crippen LogP contribution is -1.99. The molecule has 0 aliphatic heterocycles. The third-order valence-corrected chi connectivity index (χ3v) is 1.64. The molecule has 0 spiro atoms. The highest BCUT2D eigenvalue weighted by Gasteiger charge is 1.91. The Morgan fingerprint density at radius 2 is 1.75 bits per heavy atom. The van der Waals surface area contributed by atoms with E-state index in [9.17, 15) is 0 Å². The summed E-state index contributed by atoms with van der Waals surface area (Å²) < 4.78 is 0. The summed E-state index contributed by atoms with van der Waals surface area (Å²) in [4.78, 5) is 0. The minimum atomic E-state index is -0.0562. The fourth-order valence-electron chi connectivity index (χ4n) is 1.01. The highest BCUT2D eigenvalue weighted by Crippen LogP contribution is 2.08. The molecule has 0 aliphatic carbocycles. The summed E-state index contributed by atoms with van der Waals surface area (Å²) in [5.41, 5.74) is 1.99. The fourth-order valence-corrected chi connectivity index (χ4v) is 1.01. The maximum absolute atomic E-state index is 8.64. The van der Waals surface area contributed by atoms with Gasteiger partial charge in [0.2, 0.25) is 0 Å². The molecule has 0 aliphatic rings. The van der Waals surface area contributed by atoms with E-state index in [1.54, 1.807) is 0 Å². The van der Waals surface area contributed by atoms with Gasteiger partial charge in [-0.1, -0.05) is 12.1 Å². The van der Waals surface area contributed by atoms with Gasteiger partial charge in [0.15, 0.2) is 0 Å². The summed E-state index contributed by atoms with van der Waals surface area (Å²) in [7, 11) is 0. The molecule has 0 fully saturated rings. The molecule has 0 radical (unpaired) electrons. The second kappa shape index (κ2) is 4.74. The third kappa shape index (κ3) is 2.53. The summed E-state index contributed by atoms with van der Waals surface area (Å²) in [6.07, 6.45) is 0.680. The van der Waals surface area contributed by atoms with Crippen LogP contribution in [0.5, 0.6) is 0 Å². The van der Waals surface area contributed by atoms with Crippen LogP contribution in [0.25, 0.3) is 0 Å². The lowest BCUT2D eigenvalue weighted by atomic mass is 10.1. The predicted octanol–water partition coefficient (Wildman–Crippen LogP) is 0.583. The molecule has 3 nitrogen and oxygen atoms in total. The zero-order valence-corrected chi connectivity index (χ0v) is 6.83. The maximum Gasteiger partial charge on any atom is 0.113 e. The molecule has 1 aromatic carbocycles. The number of anilines is 1. The van der Waals surface area contributed by atoms with Crippen LogP contribution in [0.15, 0.2) is 24.3 Å². The Morgan fingerprint density at radius 1 is 1.08 bits per heavy atom. The maximum atomic E-state index is 8.64. The molecule has 1 rings (SSSR count). The largest absolute Gasteiger partial charge is 0.396 e. The fraction of sp³-hybridized carbons (Fsp3) is 0.333. The zero-order chi connectivity index (χ0) is 8.81. The molecule has 0 saturated heterocycles. The summed E-state index contributed by atoms with van der Waals surface area (Å²) in [6.45, 7) is 0.117. The van der Waals surface area contributed by atoms with E-state index in [2.05, 4.69) is 5.32 Å². The lowest BCUT2D eigenvalue weighted by Gasteiger charge is -2.03. The van der Waals surface area contributed by atoms with E-state index in [-0.39, 0.29) is 13.3 Å². The average molecular weight is 167 g/mol. The minimum absolute atomic E-state index is 0.0562. The first-order valence-electron chi connectivity index (χ1n) is 3.91. The topological polar surface area (TPSA) is 52.5 Å². The first-order valence-corrected chi connectivity index (χ1v) is 3.91. The van der Waals surface area contributed by atoms with Crippen molar-refractivity contribution < 1.29 is 10.2 Å². The van der Waals surface area contributed by atoms with E-state index in [1.807, 2.05) is 24.3 Å². The van der Waals surface area contributed by atoms with Gasteiger partial charge < -0.3 is 15.5 Å². The average Bonchev–Trinajstić information content (AvgIpc) is 2.09. The summed E-state index contributed by atoms with van der Waals surface area (Å²) >= 11 is 0. The Kier molecular flexibility index (Phi) is 3.57. The van der Waals surface area contributed by atoms with Crippen molar-refractivity contribution >= 4 is 5.69 Å². The second-order valence-electron chi connectivity index (χ2n) is 2.51. The van der Waals surface area contributed by atoms with E-state index >= 15 is 0 Å². The minimum Gasteiger partial charge on any atom is -0.396 e. The van der Waals surface area contributed by atoms with Gasteiger partial charge in [0.25, 0.3) is 0 Å². The lowest BCUT2D eigenvalue weighted by molar-refractivity contribution is 0.299. The van der Waals surface area contributed by atoms with Crippen LogP contribution in [0.4, 0.5) is 5.69 Å². The highest BCUT2D eigenvalue weighted by atomic mass is 16.3. The van der Waals surface area contributed by atoms with Crippen LogP contribution >= 0.6 is 0 Å². The number of benzene rings is 1. The monoisotopic (exact) mass is 167 g/mol. The summed E-state index contributed by atoms with van der Waals surface area (Å²) in [5.74, 6) is 0. The molecule has 0 atom stereocenters. The van der Waals surface area contributed by atoms with Crippen molar-refractivity contribution in [3.63, 3.8) is 0 Å². The van der Waals surface area contributed by atoms with Gasteiger partial charge in [-0.05, 0) is 24.1 Å². The van der Waals surface area contributed by atoms with E-state index < -0.39 is 0 Å². The van der Waals surface area contributed by atoms with E-state index in [0.717, 1.165) is 11.3 Å². The van der Waals surface area contributed by atoms with Gasteiger partial charge in [0.1, 0.15) is 6.73 Å². The smallest absolute Gasteiger partial charge is 0.113 e. The predicted molar refractivity (Wildman–Crippen MR) is 47.9 cm³/mol. The molecule has 3 heteroatoms. The third-order valence-electron chi connectivity index (χ3n) is 1.64. The first-order chi connectivity index (χ1) is 5.86. The Labute approximate surface area is 71.7 Å². The van der Waals surface area contributed by atoms with Gasteiger partial charge in [0.05, 0.1) is 0 Å².